The molecule has 0 unspecified atom stereocenters. The number of nitrogens with one attached hydrogen (secondary N) is 1. The van der Waals surface area contributed by atoms with E-state index in [1.807, 2.05) is 0 Å². The van der Waals surface area contributed by atoms with Gasteiger partial charge in [-0.2, -0.15) is 5.26 Å². The van der Waals surface area contributed by atoms with Crippen LogP contribution < -0.4 is 5.32 Å². The SMILES string of the molecule is CC1(C)O[C@@H]2[C@@H](CO[C@](O)(CN3CCC(NCC(=O)N4CCC[C@H]4C#N)CC3)[C@H]2O)O1. The third-order valence-corrected chi connectivity index (χ3v) is 6.79. The summed E-state index contributed by atoms with van der Waals surface area (Å²) in [5.41, 5.74) is 0. The number of piperidine rings is 1. The van der Waals surface area contributed by atoms with Crippen molar-refractivity contribution < 1.29 is 29.2 Å². The fourth-order valence-corrected chi connectivity index (χ4v) is 5.12. The Labute approximate surface area is 183 Å². The first-order valence-corrected chi connectivity index (χ1v) is 11.3. The summed E-state index contributed by atoms with van der Waals surface area (Å²) in [5.74, 6) is -2.53. The first kappa shape index (κ1) is 22.9. The Morgan fingerprint density at radius 2 is 1.97 bits per heavy atom. The lowest BCUT2D eigenvalue weighted by Crippen LogP contribution is -2.64. The van der Waals surface area contributed by atoms with Crippen molar-refractivity contribution in [1.29, 1.82) is 5.26 Å². The monoisotopic (exact) mass is 438 g/mol. The number of nitriles is 1. The second-order valence-electron chi connectivity index (χ2n) is 9.54. The molecule has 0 radical (unpaired) electrons. The molecular formula is C21H34N4O6. The number of aliphatic hydroxyl groups excluding tert-OH is 1. The summed E-state index contributed by atoms with van der Waals surface area (Å²) in [6, 6.07) is 2.11. The molecule has 31 heavy (non-hydrogen) atoms. The zero-order chi connectivity index (χ0) is 22.2. The predicted octanol–water partition coefficient (Wildman–Crippen LogP) is -0.845. The molecular weight excluding hydrogens is 404 g/mol. The molecule has 0 aromatic heterocycles. The van der Waals surface area contributed by atoms with Crippen LogP contribution in [0.1, 0.15) is 39.5 Å². The van der Waals surface area contributed by atoms with E-state index in [0.717, 1.165) is 25.7 Å². The van der Waals surface area contributed by atoms with Gasteiger partial charge in [-0.05, 0) is 52.6 Å². The summed E-state index contributed by atoms with van der Waals surface area (Å²) in [6.07, 6.45) is 1.06. The second kappa shape index (κ2) is 8.90. The summed E-state index contributed by atoms with van der Waals surface area (Å²) in [4.78, 5) is 16.1. The van der Waals surface area contributed by atoms with Gasteiger partial charge in [0.15, 0.2) is 5.79 Å². The predicted molar refractivity (Wildman–Crippen MR) is 109 cm³/mol. The number of ether oxygens (including phenoxy) is 3. The van der Waals surface area contributed by atoms with Crippen molar-refractivity contribution >= 4 is 5.91 Å². The van der Waals surface area contributed by atoms with Gasteiger partial charge in [-0.25, -0.2) is 0 Å². The van der Waals surface area contributed by atoms with Crippen molar-refractivity contribution in [2.24, 2.45) is 0 Å². The van der Waals surface area contributed by atoms with Gasteiger partial charge < -0.3 is 34.6 Å². The van der Waals surface area contributed by atoms with E-state index in [1.165, 1.54) is 0 Å². The van der Waals surface area contributed by atoms with E-state index < -0.39 is 29.9 Å². The number of likely N-dealkylation sites (tertiary alicyclic amines) is 2. The quantitative estimate of drug-likeness (QED) is 0.503. The molecule has 5 atom stereocenters. The van der Waals surface area contributed by atoms with Crippen LogP contribution in [0.2, 0.25) is 0 Å². The summed E-state index contributed by atoms with van der Waals surface area (Å²) in [7, 11) is 0. The zero-order valence-corrected chi connectivity index (χ0v) is 18.3. The summed E-state index contributed by atoms with van der Waals surface area (Å²) < 4.78 is 17.1. The maximum absolute atomic E-state index is 12.4. The van der Waals surface area contributed by atoms with Crippen molar-refractivity contribution in [2.45, 2.75) is 81.5 Å². The highest BCUT2D eigenvalue weighted by atomic mass is 16.8. The van der Waals surface area contributed by atoms with E-state index in [9.17, 15) is 15.0 Å². The van der Waals surface area contributed by atoms with Crippen molar-refractivity contribution in [1.82, 2.24) is 15.1 Å². The summed E-state index contributed by atoms with van der Waals surface area (Å²) in [6.45, 7) is 6.24. The minimum absolute atomic E-state index is 0.0178. The first-order valence-electron chi connectivity index (χ1n) is 11.3. The van der Waals surface area contributed by atoms with Gasteiger partial charge in [0.2, 0.25) is 11.7 Å². The fourth-order valence-electron chi connectivity index (χ4n) is 5.12. The van der Waals surface area contributed by atoms with Gasteiger partial charge in [0, 0.05) is 12.6 Å². The van der Waals surface area contributed by atoms with E-state index >= 15 is 0 Å². The Morgan fingerprint density at radius 3 is 2.68 bits per heavy atom. The van der Waals surface area contributed by atoms with Crippen molar-refractivity contribution in [2.75, 3.05) is 39.3 Å². The number of carbonyl (C=O) groups excluding carboxylic acids is 1. The largest absolute Gasteiger partial charge is 0.385 e. The average Bonchev–Trinajstić information content (AvgIpc) is 3.34. The molecule has 10 nitrogen and oxygen atoms in total. The Morgan fingerprint density at radius 1 is 1.23 bits per heavy atom. The number of hydrogen-bond acceptors (Lipinski definition) is 9. The number of amides is 1. The van der Waals surface area contributed by atoms with E-state index in [4.69, 9.17) is 19.5 Å². The maximum Gasteiger partial charge on any atom is 0.237 e. The van der Waals surface area contributed by atoms with Gasteiger partial charge in [-0.15, -0.1) is 0 Å². The van der Waals surface area contributed by atoms with Gasteiger partial charge in [0.1, 0.15) is 24.4 Å². The van der Waals surface area contributed by atoms with Crippen LogP contribution in [-0.2, 0) is 19.0 Å². The van der Waals surface area contributed by atoms with E-state index in [2.05, 4.69) is 16.3 Å². The Balaban J connectivity index is 1.22. The van der Waals surface area contributed by atoms with E-state index in [-0.39, 0.29) is 37.7 Å². The molecule has 0 aromatic carbocycles. The molecule has 0 aliphatic carbocycles. The number of aliphatic hydroxyl groups is 2. The normalized spacial score (nSPS) is 38.7. The molecule has 0 bridgehead atoms. The number of fused-ring (bicyclic) bond motifs is 1. The third-order valence-electron chi connectivity index (χ3n) is 6.79. The molecule has 4 rings (SSSR count). The molecule has 4 fully saturated rings. The minimum atomic E-state index is -1.71. The highest BCUT2D eigenvalue weighted by Gasteiger charge is 2.56. The Hall–Kier alpha value is -1.32. The third kappa shape index (κ3) is 4.88. The van der Waals surface area contributed by atoms with Crippen molar-refractivity contribution in [3.8, 4) is 6.07 Å². The van der Waals surface area contributed by atoms with Crippen LogP contribution in [0, 0.1) is 11.3 Å². The van der Waals surface area contributed by atoms with Crippen LogP contribution in [0.3, 0.4) is 0 Å². The van der Waals surface area contributed by atoms with Gasteiger partial charge in [0.25, 0.3) is 0 Å². The van der Waals surface area contributed by atoms with Crippen LogP contribution in [-0.4, -0.2) is 107 Å². The topological polar surface area (TPSA) is 128 Å². The lowest BCUT2D eigenvalue weighted by atomic mass is 9.95. The zero-order valence-electron chi connectivity index (χ0n) is 18.3. The first-order chi connectivity index (χ1) is 14.7. The van der Waals surface area contributed by atoms with E-state index in [1.54, 1.807) is 18.7 Å². The molecule has 4 heterocycles. The Kier molecular flexibility index (Phi) is 6.57. The lowest BCUT2D eigenvalue weighted by Gasteiger charge is -2.44. The standard InChI is InChI=1S/C21H34N4O6/c1-20(2)30-16-12-29-21(28,19(27)18(16)31-20)13-24-8-5-14(6-9-24)23-11-17(26)25-7-3-4-15(25)10-22/h14-16,18-19,23,27-28H,3-9,11-13H2,1-2H3/t15-,16+,18+,19-,21+/m0/s1. The summed E-state index contributed by atoms with van der Waals surface area (Å²) in [5, 5.41) is 34.2. The molecule has 4 aliphatic rings. The number of hydrogen-bond donors (Lipinski definition) is 3. The Bertz CT molecular complexity index is 706. The molecule has 4 aliphatic heterocycles. The highest BCUT2D eigenvalue weighted by molar-refractivity contribution is 5.79. The van der Waals surface area contributed by atoms with Gasteiger partial charge >= 0.3 is 0 Å². The second-order valence-corrected chi connectivity index (χ2v) is 9.54. The highest BCUT2D eigenvalue weighted by Crippen LogP contribution is 2.37. The van der Waals surface area contributed by atoms with Crippen molar-refractivity contribution in [3.05, 3.63) is 0 Å². The number of β-amino-alcohol motifs (C(OH)–C–C–N with tert-alkyl or cyclic N) is 1. The fraction of sp³-hybridized carbons (Fsp3) is 0.905. The molecule has 174 valence electrons. The van der Waals surface area contributed by atoms with E-state index in [0.29, 0.717) is 19.6 Å². The van der Waals surface area contributed by atoms with Crippen LogP contribution >= 0.6 is 0 Å². The van der Waals surface area contributed by atoms with Crippen molar-refractivity contribution in [3.63, 3.8) is 0 Å². The number of rotatable bonds is 5. The van der Waals surface area contributed by atoms with Crippen LogP contribution in [0.5, 0.6) is 0 Å². The molecule has 0 spiro atoms. The molecule has 0 aromatic rings. The minimum Gasteiger partial charge on any atom is -0.385 e. The molecule has 3 N–H and O–H groups in total. The molecule has 1 amide bonds. The lowest BCUT2D eigenvalue weighted by molar-refractivity contribution is -0.311. The van der Waals surface area contributed by atoms with Crippen LogP contribution in [0.25, 0.3) is 0 Å². The van der Waals surface area contributed by atoms with Crippen LogP contribution in [0.4, 0.5) is 0 Å². The smallest absolute Gasteiger partial charge is 0.237 e. The summed E-state index contributed by atoms with van der Waals surface area (Å²) >= 11 is 0. The molecule has 4 saturated heterocycles. The number of nitrogens with zero attached hydrogens (tertiary/aromatic N) is 3. The number of carbonyl (C=O) groups is 1. The maximum atomic E-state index is 12.4. The van der Waals surface area contributed by atoms with Gasteiger partial charge in [-0.1, -0.05) is 0 Å². The van der Waals surface area contributed by atoms with Gasteiger partial charge in [0.05, 0.1) is 25.8 Å². The average molecular weight is 439 g/mol. The van der Waals surface area contributed by atoms with Gasteiger partial charge in [-0.3, -0.25) is 9.69 Å². The van der Waals surface area contributed by atoms with Crippen LogP contribution in [0.15, 0.2) is 0 Å². The molecule has 10 heteroatoms. The molecule has 0 saturated carbocycles.